The summed E-state index contributed by atoms with van der Waals surface area (Å²) in [5.41, 5.74) is 1.07. The Bertz CT molecular complexity index is 482. The van der Waals surface area contributed by atoms with Crippen LogP contribution in [0, 0.1) is 0 Å². The first kappa shape index (κ1) is 10.9. The van der Waals surface area contributed by atoms with E-state index in [1.54, 1.807) is 15.8 Å². The molecule has 0 aliphatic heterocycles. The van der Waals surface area contributed by atoms with E-state index in [1.165, 1.54) is 3.54 Å². The van der Waals surface area contributed by atoms with Gasteiger partial charge in [0.05, 0.1) is 0 Å². The van der Waals surface area contributed by atoms with Crippen LogP contribution in [0.15, 0.2) is 40.7 Å². The van der Waals surface area contributed by atoms with Crippen LogP contribution in [-0.4, -0.2) is 14.5 Å². The molecule has 15 heavy (non-hydrogen) atoms. The number of rotatable bonds is 2. The first-order valence-electron chi connectivity index (χ1n) is 4.94. The molecular formula is C12H13NSSe. The molecule has 0 aliphatic rings. The Morgan fingerprint density at radius 3 is 2.53 bits per heavy atom. The second-order valence-electron chi connectivity index (χ2n) is 3.61. The van der Waals surface area contributed by atoms with E-state index in [9.17, 15) is 0 Å². The molecule has 0 radical (unpaired) electrons. The Labute approximate surface area is 99.9 Å². The normalized spacial score (nSPS) is 12.3. The van der Waals surface area contributed by atoms with Gasteiger partial charge in [0.25, 0.3) is 0 Å². The van der Waals surface area contributed by atoms with Crippen molar-refractivity contribution in [3.63, 3.8) is 0 Å². The number of para-hydroxylation sites is 1. The fraction of sp³-hybridized carbons (Fsp3) is 0.250. The van der Waals surface area contributed by atoms with Gasteiger partial charge >= 0.3 is 100.0 Å². The quantitative estimate of drug-likeness (QED) is 0.750. The zero-order valence-corrected chi connectivity index (χ0v) is 11.3. The molecule has 2 rings (SSSR count). The maximum absolute atomic E-state index is 4.65. The molecule has 0 N–H and O–H groups in total. The molecule has 0 bridgehead atoms. The van der Waals surface area contributed by atoms with Crippen LogP contribution in [0.2, 0.25) is 0 Å². The number of hydrogen-bond donors (Lipinski definition) is 0. The Morgan fingerprint density at radius 1 is 1.20 bits per heavy atom. The summed E-state index contributed by atoms with van der Waals surface area (Å²) in [7, 11) is 0. The average Bonchev–Trinajstić information content (AvgIpc) is 2.68. The molecule has 2 aromatic rings. The molecule has 1 nitrogen and oxygen atoms in total. The zero-order valence-electron chi connectivity index (χ0n) is 8.81. The van der Waals surface area contributed by atoms with Gasteiger partial charge in [-0.1, -0.05) is 0 Å². The van der Waals surface area contributed by atoms with Crippen LogP contribution in [0.3, 0.4) is 0 Å². The molecule has 0 unspecified atom stereocenters. The second-order valence-corrected chi connectivity index (χ2v) is 7.28. The van der Waals surface area contributed by atoms with Crippen molar-refractivity contribution in [2.45, 2.75) is 19.8 Å². The van der Waals surface area contributed by atoms with Crippen molar-refractivity contribution in [2.24, 2.45) is 4.99 Å². The Hall–Kier alpha value is -0.631. The van der Waals surface area contributed by atoms with Gasteiger partial charge in [0.2, 0.25) is 0 Å². The van der Waals surface area contributed by atoms with Crippen molar-refractivity contribution in [3.05, 3.63) is 43.7 Å². The summed E-state index contributed by atoms with van der Waals surface area (Å²) < 4.78 is 2.83. The summed E-state index contributed by atoms with van der Waals surface area (Å²) in [6.45, 7) is 4.50. The zero-order chi connectivity index (χ0) is 10.7. The van der Waals surface area contributed by atoms with E-state index in [-0.39, 0.29) is 0 Å². The predicted molar refractivity (Wildman–Crippen MR) is 67.0 cm³/mol. The molecule has 0 spiro atoms. The fourth-order valence-corrected chi connectivity index (χ4v) is 4.86. The van der Waals surface area contributed by atoms with E-state index >= 15 is 0 Å². The van der Waals surface area contributed by atoms with E-state index in [4.69, 9.17) is 0 Å². The van der Waals surface area contributed by atoms with Gasteiger partial charge < -0.3 is 0 Å². The summed E-state index contributed by atoms with van der Waals surface area (Å²) in [5.74, 6) is 0.668. The van der Waals surface area contributed by atoms with Gasteiger partial charge in [-0.2, -0.15) is 0 Å². The monoisotopic (exact) mass is 283 g/mol. The van der Waals surface area contributed by atoms with E-state index in [1.807, 2.05) is 18.2 Å². The molecule has 0 aliphatic carbocycles. The van der Waals surface area contributed by atoms with E-state index in [2.05, 4.69) is 36.4 Å². The molecule has 1 aromatic heterocycles. The number of hydrogen-bond acceptors (Lipinski definition) is 2. The van der Waals surface area contributed by atoms with Crippen LogP contribution in [0.4, 0.5) is 5.69 Å². The molecule has 1 aromatic carbocycles. The van der Waals surface area contributed by atoms with E-state index < -0.39 is 0 Å². The fourth-order valence-electron chi connectivity index (χ4n) is 1.17. The summed E-state index contributed by atoms with van der Waals surface area (Å²) in [4.78, 5) is 4.65. The van der Waals surface area contributed by atoms with Crippen LogP contribution >= 0.6 is 11.3 Å². The van der Waals surface area contributed by atoms with Gasteiger partial charge in [-0.3, -0.25) is 0 Å². The first-order chi connectivity index (χ1) is 7.25. The van der Waals surface area contributed by atoms with Crippen LogP contribution in [0.25, 0.3) is 0 Å². The minimum absolute atomic E-state index is 0.453. The minimum atomic E-state index is 0.453. The first-order valence-corrected chi connectivity index (χ1v) is 7.53. The van der Waals surface area contributed by atoms with Gasteiger partial charge in [0.15, 0.2) is 0 Å². The van der Waals surface area contributed by atoms with Crippen molar-refractivity contribution >= 4 is 31.5 Å². The molecule has 0 saturated heterocycles. The third kappa shape index (κ3) is 2.91. The molecule has 3 heteroatoms. The van der Waals surface area contributed by atoms with E-state index in [0.29, 0.717) is 20.4 Å². The predicted octanol–water partition coefficient (Wildman–Crippen LogP) is 3.16. The van der Waals surface area contributed by atoms with Crippen LogP contribution in [-0.2, 0) is 0 Å². The molecule has 78 valence electrons. The third-order valence-electron chi connectivity index (χ3n) is 2.03. The maximum atomic E-state index is 4.65. The van der Waals surface area contributed by atoms with Crippen molar-refractivity contribution in [2.75, 3.05) is 0 Å². The average molecular weight is 282 g/mol. The second kappa shape index (κ2) is 4.93. The molecular weight excluding hydrogens is 269 g/mol. The SMILES string of the molecule is CC(C)c1csc(=Nc2ccccc2)[se]1. The molecule has 0 amide bonds. The summed E-state index contributed by atoms with van der Waals surface area (Å²) in [6, 6.07) is 10.2. The number of benzene rings is 1. The van der Waals surface area contributed by atoms with Crippen LogP contribution in [0.5, 0.6) is 0 Å². The van der Waals surface area contributed by atoms with Gasteiger partial charge in [-0.05, 0) is 0 Å². The summed E-state index contributed by atoms with van der Waals surface area (Å²) >= 11 is 2.24. The van der Waals surface area contributed by atoms with E-state index in [0.717, 1.165) is 5.69 Å². The van der Waals surface area contributed by atoms with Crippen LogP contribution < -0.4 is 3.54 Å². The summed E-state index contributed by atoms with van der Waals surface area (Å²) in [6.07, 6.45) is 0. The van der Waals surface area contributed by atoms with Gasteiger partial charge in [-0.15, -0.1) is 0 Å². The Balaban J connectivity index is 2.34. The molecule has 1 heterocycles. The Kier molecular flexibility index (Phi) is 3.57. The van der Waals surface area contributed by atoms with Crippen molar-refractivity contribution in [3.8, 4) is 0 Å². The summed E-state index contributed by atoms with van der Waals surface area (Å²) in [5, 5.41) is 2.27. The standard InChI is InChI=1S/C12H13NSSe/c1-9(2)11-8-14-12(15-11)13-10-6-4-3-5-7-10/h3-9H,1-2H3. The Morgan fingerprint density at radius 2 is 1.93 bits per heavy atom. The molecule has 0 fully saturated rings. The molecule has 0 saturated carbocycles. The van der Waals surface area contributed by atoms with Gasteiger partial charge in [0, 0.05) is 0 Å². The topological polar surface area (TPSA) is 12.4 Å². The van der Waals surface area contributed by atoms with Crippen molar-refractivity contribution in [1.82, 2.24) is 0 Å². The number of nitrogens with zero attached hydrogens (tertiary/aromatic N) is 1. The van der Waals surface area contributed by atoms with Gasteiger partial charge in [-0.25, -0.2) is 0 Å². The molecule has 0 atom stereocenters. The van der Waals surface area contributed by atoms with Crippen molar-refractivity contribution in [1.29, 1.82) is 0 Å². The van der Waals surface area contributed by atoms with Crippen molar-refractivity contribution < 1.29 is 0 Å². The van der Waals surface area contributed by atoms with Gasteiger partial charge in [0.1, 0.15) is 0 Å². The van der Waals surface area contributed by atoms with Crippen LogP contribution in [0.1, 0.15) is 24.2 Å². The third-order valence-corrected chi connectivity index (χ3v) is 6.36.